The van der Waals surface area contributed by atoms with Crippen LogP contribution in [0.25, 0.3) is 11.3 Å². The number of rotatable bonds is 9. The zero-order chi connectivity index (χ0) is 27.4. The molecule has 2 aromatic heterocycles. The van der Waals surface area contributed by atoms with Crippen LogP contribution in [0.5, 0.6) is 5.75 Å². The van der Waals surface area contributed by atoms with E-state index in [9.17, 15) is 14.9 Å². The van der Waals surface area contributed by atoms with Gasteiger partial charge in [-0.05, 0) is 54.7 Å². The van der Waals surface area contributed by atoms with Crippen LogP contribution in [0.15, 0.2) is 89.5 Å². The number of nitrogens with zero attached hydrogens (tertiary/aromatic N) is 3. The van der Waals surface area contributed by atoms with Gasteiger partial charge in [-0.1, -0.05) is 24.3 Å². The third-order valence-corrected chi connectivity index (χ3v) is 6.77. The Hall–Kier alpha value is -4.77. The number of anilines is 1. The van der Waals surface area contributed by atoms with E-state index in [2.05, 4.69) is 15.6 Å². The van der Waals surface area contributed by atoms with Gasteiger partial charge in [0, 0.05) is 30.9 Å². The molecule has 0 aliphatic carbocycles. The number of hydrogen-bond acceptors (Lipinski definition) is 7. The van der Waals surface area contributed by atoms with Crippen molar-refractivity contribution in [2.75, 3.05) is 19.0 Å². The van der Waals surface area contributed by atoms with Crippen molar-refractivity contribution in [3.63, 3.8) is 0 Å². The van der Waals surface area contributed by atoms with Gasteiger partial charge in [0.05, 0.1) is 35.4 Å². The van der Waals surface area contributed by atoms with Gasteiger partial charge >= 0.3 is 0 Å². The predicted octanol–water partition coefficient (Wildman–Crippen LogP) is 5.26. The molecule has 0 saturated carbocycles. The van der Waals surface area contributed by atoms with E-state index in [1.54, 1.807) is 18.3 Å². The minimum Gasteiger partial charge on any atom is -0.496 e. The number of furan rings is 1. The maximum Gasteiger partial charge on any atom is 0.273 e. The second kappa shape index (κ2) is 11.3. The predicted molar refractivity (Wildman–Crippen MR) is 149 cm³/mol. The van der Waals surface area contributed by atoms with Crippen LogP contribution < -0.4 is 15.4 Å². The molecule has 1 saturated heterocycles. The molecule has 1 amide bonds. The van der Waals surface area contributed by atoms with Crippen molar-refractivity contribution < 1.29 is 18.9 Å². The summed E-state index contributed by atoms with van der Waals surface area (Å²) in [6.45, 7) is 0.343. The third kappa shape index (κ3) is 5.58. The summed E-state index contributed by atoms with van der Waals surface area (Å²) in [7, 11) is 1.45. The Morgan fingerprint density at radius 3 is 2.67 bits per heavy atom. The van der Waals surface area contributed by atoms with E-state index in [0.717, 1.165) is 11.4 Å². The van der Waals surface area contributed by atoms with Gasteiger partial charge in [0.25, 0.3) is 5.69 Å². The number of thiocarbonyl (C=S) groups is 1. The first-order chi connectivity index (χ1) is 18.9. The lowest BCUT2D eigenvalue weighted by atomic mass is 10.0. The summed E-state index contributed by atoms with van der Waals surface area (Å²) in [4.78, 5) is 29.9. The molecule has 2 aromatic carbocycles. The number of nitrogens with one attached hydrogen (secondary N) is 2. The largest absolute Gasteiger partial charge is 0.496 e. The molecule has 10 nitrogen and oxygen atoms in total. The molecule has 1 fully saturated rings. The Morgan fingerprint density at radius 2 is 1.95 bits per heavy atom. The number of para-hydroxylation sites is 1. The summed E-state index contributed by atoms with van der Waals surface area (Å²) in [5.41, 5.74) is 1.99. The van der Waals surface area contributed by atoms with Crippen LogP contribution in [0.1, 0.15) is 30.0 Å². The van der Waals surface area contributed by atoms with E-state index < -0.39 is 11.0 Å². The fraction of sp³-hybridized carbons (Fsp3) is 0.179. The lowest BCUT2D eigenvalue weighted by Gasteiger charge is -2.25. The zero-order valence-electron chi connectivity index (χ0n) is 20.9. The standard InChI is InChI=1S/C28H25N5O5S/c1-37-24-17-19(33(35)36)10-11-20(24)22-12-13-23(38-22)27-26(21-9-5-6-15-29-21)31-28(39)32(27)16-14-25(34)30-18-7-3-2-4-8-18/h2-13,15,17,26-27H,14,16H2,1H3,(H,30,34)(H,31,39)/t26-,27-/m1/s1. The highest BCUT2D eigenvalue weighted by Gasteiger charge is 2.41. The second-order valence-electron chi connectivity index (χ2n) is 8.83. The highest BCUT2D eigenvalue weighted by Crippen LogP contribution is 2.42. The van der Waals surface area contributed by atoms with Gasteiger partial charge in [0.1, 0.15) is 23.3 Å². The lowest BCUT2D eigenvalue weighted by Crippen LogP contribution is -2.32. The van der Waals surface area contributed by atoms with E-state index in [1.165, 1.54) is 19.2 Å². The number of nitro groups is 1. The van der Waals surface area contributed by atoms with E-state index in [4.69, 9.17) is 21.4 Å². The number of benzene rings is 2. The average molecular weight is 544 g/mol. The van der Waals surface area contributed by atoms with Crippen LogP contribution in [0.4, 0.5) is 11.4 Å². The van der Waals surface area contributed by atoms with E-state index >= 15 is 0 Å². The highest BCUT2D eigenvalue weighted by atomic mass is 32.1. The summed E-state index contributed by atoms with van der Waals surface area (Å²) in [6, 6.07) is 22.2. The third-order valence-electron chi connectivity index (χ3n) is 6.41. The number of amides is 1. The first kappa shape index (κ1) is 25.9. The Bertz CT molecular complexity index is 1490. The topological polar surface area (TPSA) is 123 Å². The van der Waals surface area contributed by atoms with E-state index in [0.29, 0.717) is 34.5 Å². The summed E-state index contributed by atoms with van der Waals surface area (Å²) in [5, 5.41) is 17.9. The Balaban J connectivity index is 1.43. The molecule has 0 unspecified atom stereocenters. The van der Waals surface area contributed by atoms with Gasteiger partial charge in [0.15, 0.2) is 5.11 Å². The van der Waals surface area contributed by atoms with Crippen molar-refractivity contribution in [2.45, 2.75) is 18.5 Å². The fourth-order valence-electron chi connectivity index (χ4n) is 4.58. The Kier molecular flexibility index (Phi) is 7.50. The molecule has 0 radical (unpaired) electrons. The minimum absolute atomic E-state index is 0.0807. The molecule has 198 valence electrons. The van der Waals surface area contributed by atoms with Gasteiger partial charge < -0.3 is 24.7 Å². The zero-order valence-corrected chi connectivity index (χ0v) is 21.8. The normalized spacial score (nSPS) is 16.5. The van der Waals surface area contributed by atoms with Crippen molar-refractivity contribution in [1.82, 2.24) is 15.2 Å². The summed E-state index contributed by atoms with van der Waals surface area (Å²) in [6.07, 6.45) is 1.91. The molecular weight excluding hydrogens is 518 g/mol. The van der Waals surface area contributed by atoms with Crippen LogP contribution >= 0.6 is 12.2 Å². The maximum atomic E-state index is 12.7. The van der Waals surface area contributed by atoms with Crippen LogP contribution in [0.2, 0.25) is 0 Å². The minimum atomic E-state index is -0.478. The van der Waals surface area contributed by atoms with Gasteiger partial charge in [-0.15, -0.1) is 0 Å². The quantitative estimate of drug-likeness (QED) is 0.165. The number of carbonyl (C=O) groups is 1. The number of ether oxygens (including phenoxy) is 1. The molecule has 0 bridgehead atoms. The Labute approximate surface area is 229 Å². The van der Waals surface area contributed by atoms with Crippen molar-refractivity contribution in [2.24, 2.45) is 0 Å². The molecule has 2 N–H and O–H groups in total. The summed E-state index contributed by atoms with van der Waals surface area (Å²) in [5.74, 6) is 1.26. The second-order valence-corrected chi connectivity index (χ2v) is 9.21. The van der Waals surface area contributed by atoms with Crippen molar-refractivity contribution in [3.05, 3.63) is 107 Å². The van der Waals surface area contributed by atoms with Crippen LogP contribution in [-0.4, -0.2) is 39.5 Å². The van der Waals surface area contributed by atoms with Gasteiger partial charge in [0.2, 0.25) is 5.91 Å². The SMILES string of the molecule is COc1cc([N+](=O)[O-])ccc1-c1ccc([C@@H]2[C@@H](c3ccccn3)NC(=S)N2CCC(=O)Nc2ccccc2)o1. The number of carbonyl (C=O) groups excluding carboxylic acids is 1. The van der Waals surface area contributed by atoms with Gasteiger partial charge in [-0.2, -0.15) is 0 Å². The molecular formula is C28H25N5O5S. The van der Waals surface area contributed by atoms with E-state index in [-0.39, 0.29) is 24.1 Å². The number of aromatic nitrogens is 1. The molecule has 4 aromatic rings. The number of nitro benzene ring substituents is 1. The lowest BCUT2D eigenvalue weighted by molar-refractivity contribution is -0.384. The van der Waals surface area contributed by atoms with Crippen molar-refractivity contribution in [3.8, 4) is 17.1 Å². The van der Waals surface area contributed by atoms with Crippen molar-refractivity contribution >= 4 is 34.6 Å². The molecule has 1 aliphatic heterocycles. The Morgan fingerprint density at radius 1 is 1.15 bits per heavy atom. The number of methoxy groups -OCH3 is 1. The number of hydrogen-bond donors (Lipinski definition) is 2. The summed E-state index contributed by atoms with van der Waals surface area (Å²) >= 11 is 5.68. The molecule has 5 rings (SSSR count). The molecule has 1 aliphatic rings. The smallest absolute Gasteiger partial charge is 0.273 e. The van der Waals surface area contributed by atoms with Crippen LogP contribution in [0, 0.1) is 10.1 Å². The molecule has 3 heterocycles. The fourth-order valence-corrected chi connectivity index (χ4v) is 4.91. The molecule has 11 heteroatoms. The van der Waals surface area contributed by atoms with Crippen LogP contribution in [0.3, 0.4) is 0 Å². The monoisotopic (exact) mass is 543 g/mol. The highest BCUT2D eigenvalue weighted by molar-refractivity contribution is 7.80. The van der Waals surface area contributed by atoms with Gasteiger partial charge in [-0.25, -0.2) is 0 Å². The van der Waals surface area contributed by atoms with Crippen LogP contribution in [-0.2, 0) is 4.79 Å². The van der Waals surface area contributed by atoms with E-state index in [1.807, 2.05) is 59.5 Å². The number of non-ortho nitro benzene ring substituents is 1. The molecule has 2 atom stereocenters. The first-order valence-electron chi connectivity index (χ1n) is 12.2. The van der Waals surface area contributed by atoms with Gasteiger partial charge in [-0.3, -0.25) is 19.9 Å². The van der Waals surface area contributed by atoms with Crippen molar-refractivity contribution in [1.29, 1.82) is 0 Å². The molecule has 0 spiro atoms. The summed E-state index contributed by atoms with van der Waals surface area (Å²) < 4.78 is 11.7. The maximum absolute atomic E-state index is 12.7. The molecule has 39 heavy (non-hydrogen) atoms. The number of pyridine rings is 1. The first-order valence-corrected chi connectivity index (χ1v) is 12.6. The average Bonchev–Trinajstić information content (AvgIpc) is 3.57.